The van der Waals surface area contributed by atoms with Gasteiger partial charge in [0.05, 0.1) is 30.0 Å². The third-order valence-corrected chi connectivity index (χ3v) is 6.71. The molecule has 0 saturated carbocycles. The smallest absolute Gasteiger partial charge is 0.243 e. The largest absolute Gasteiger partial charge is 0.379 e. The highest BCUT2D eigenvalue weighted by atomic mass is 32.2. The molecule has 1 aliphatic heterocycles. The Morgan fingerprint density at radius 3 is 2.40 bits per heavy atom. The van der Waals surface area contributed by atoms with Crippen molar-refractivity contribution in [2.24, 2.45) is 0 Å². The normalized spacial score (nSPS) is 15.5. The summed E-state index contributed by atoms with van der Waals surface area (Å²) >= 11 is 0. The maximum Gasteiger partial charge on any atom is 0.243 e. The van der Waals surface area contributed by atoms with Crippen LogP contribution in [0.3, 0.4) is 0 Å². The molecule has 1 aliphatic rings. The number of morpholine rings is 1. The van der Waals surface area contributed by atoms with Crippen LogP contribution in [-0.4, -0.2) is 54.6 Å². The van der Waals surface area contributed by atoms with Crippen LogP contribution < -0.4 is 0 Å². The van der Waals surface area contributed by atoms with Crippen molar-refractivity contribution in [3.63, 3.8) is 0 Å². The summed E-state index contributed by atoms with van der Waals surface area (Å²) in [6.45, 7) is 1.45. The van der Waals surface area contributed by atoms with Gasteiger partial charge < -0.3 is 4.74 Å². The Morgan fingerprint density at radius 2 is 1.70 bits per heavy atom. The number of nitrogens with zero attached hydrogens (tertiary/aromatic N) is 3. The Kier molecular flexibility index (Phi) is 5.89. The minimum Gasteiger partial charge on any atom is -0.379 e. The quantitative estimate of drug-likeness (QED) is 0.450. The first-order valence-electron chi connectivity index (χ1n) is 9.54. The fraction of sp³-hybridized carbons (Fsp3) is 0.182. The molecule has 8 heteroatoms. The summed E-state index contributed by atoms with van der Waals surface area (Å²) in [6.07, 6.45) is 6.65. The fourth-order valence-electron chi connectivity index (χ4n) is 3.14. The van der Waals surface area contributed by atoms with E-state index in [-0.39, 0.29) is 10.7 Å². The number of ketones is 1. The van der Waals surface area contributed by atoms with Crippen molar-refractivity contribution in [2.75, 3.05) is 26.3 Å². The monoisotopic (exact) mass is 423 g/mol. The van der Waals surface area contributed by atoms with Crippen LogP contribution in [0.2, 0.25) is 0 Å². The van der Waals surface area contributed by atoms with E-state index in [9.17, 15) is 13.2 Å². The van der Waals surface area contributed by atoms with Gasteiger partial charge >= 0.3 is 0 Å². The highest BCUT2D eigenvalue weighted by Crippen LogP contribution is 2.18. The zero-order valence-corrected chi connectivity index (χ0v) is 17.0. The predicted molar refractivity (Wildman–Crippen MR) is 113 cm³/mol. The number of ether oxygens (including phenoxy) is 1. The lowest BCUT2D eigenvalue weighted by Gasteiger charge is -2.26. The highest BCUT2D eigenvalue weighted by Gasteiger charge is 2.26. The third-order valence-electron chi connectivity index (χ3n) is 4.80. The average molecular weight is 423 g/mol. The van der Waals surface area contributed by atoms with Gasteiger partial charge in [0, 0.05) is 30.4 Å². The summed E-state index contributed by atoms with van der Waals surface area (Å²) in [5.74, 6) is -0.210. The van der Waals surface area contributed by atoms with Gasteiger partial charge in [-0.1, -0.05) is 18.2 Å². The summed E-state index contributed by atoms with van der Waals surface area (Å²) < 4.78 is 33.7. The van der Waals surface area contributed by atoms with E-state index in [1.807, 2.05) is 36.5 Å². The third kappa shape index (κ3) is 4.40. The van der Waals surface area contributed by atoms with Gasteiger partial charge in [0.1, 0.15) is 0 Å². The molecule has 2 heterocycles. The number of hydrogen-bond acceptors (Lipinski definition) is 5. The lowest BCUT2D eigenvalue weighted by atomic mass is 10.1. The maximum atomic E-state index is 12.7. The fourth-order valence-corrected chi connectivity index (χ4v) is 4.55. The SMILES string of the molecule is O=C(/C=C/c1cnn(-c2ccccc2)c1)c1ccc(S(=O)(=O)N2CCOCC2)cc1. The van der Waals surface area contributed by atoms with Crippen molar-refractivity contribution in [3.8, 4) is 5.69 Å². The molecule has 0 bridgehead atoms. The van der Waals surface area contributed by atoms with E-state index in [1.165, 1.54) is 34.6 Å². The lowest BCUT2D eigenvalue weighted by Crippen LogP contribution is -2.40. The Hall–Kier alpha value is -3.07. The van der Waals surface area contributed by atoms with Gasteiger partial charge in [0.2, 0.25) is 10.0 Å². The summed E-state index contributed by atoms with van der Waals surface area (Å²) in [7, 11) is -3.57. The topological polar surface area (TPSA) is 81.5 Å². The molecule has 7 nitrogen and oxygen atoms in total. The second kappa shape index (κ2) is 8.74. The molecule has 154 valence electrons. The van der Waals surface area contributed by atoms with E-state index in [2.05, 4.69) is 5.10 Å². The molecule has 0 radical (unpaired) electrons. The van der Waals surface area contributed by atoms with E-state index in [0.29, 0.717) is 31.9 Å². The first kappa shape index (κ1) is 20.2. The van der Waals surface area contributed by atoms with E-state index in [1.54, 1.807) is 17.0 Å². The van der Waals surface area contributed by atoms with Gasteiger partial charge in [-0.2, -0.15) is 9.40 Å². The van der Waals surface area contributed by atoms with Crippen LogP contribution in [0.4, 0.5) is 0 Å². The highest BCUT2D eigenvalue weighted by molar-refractivity contribution is 7.89. The average Bonchev–Trinajstić information content (AvgIpc) is 3.28. The number of carbonyl (C=O) groups excluding carboxylic acids is 1. The predicted octanol–water partition coefficient (Wildman–Crippen LogP) is 2.79. The number of allylic oxidation sites excluding steroid dienone is 1. The minimum absolute atomic E-state index is 0.175. The first-order chi connectivity index (χ1) is 14.5. The van der Waals surface area contributed by atoms with Crippen LogP contribution in [0.25, 0.3) is 11.8 Å². The lowest BCUT2D eigenvalue weighted by molar-refractivity contribution is 0.0730. The molecular weight excluding hydrogens is 402 g/mol. The van der Waals surface area contributed by atoms with Crippen molar-refractivity contribution in [1.82, 2.24) is 14.1 Å². The second-order valence-electron chi connectivity index (χ2n) is 6.79. The number of benzene rings is 2. The zero-order valence-electron chi connectivity index (χ0n) is 16.2. The van der Waals surface area contributed by atoms with Gasteiger partial charge in [-0.3, -0.25) is 4.79 Å². The number of sulfonamides is 1. The van der Waals surface area contributed by atoms with Crippen LogP contribution in [0.5, 0.6) is 0 Å². The van der Waals surface area contributed by atoms with Gasteiger partial charge in [0.15, 0.2) is 5.78 Å². The Morgan fingerprint density at radius 1 is 1.00 bits per heavy atom. The van der Waals surface area contributed by atoms with Gasteiger partial charge in [-0.15, -0.1) is 0 Å². The number of rotatable bonds is 6. The first-order valence-corrected chi connectivity index (χ1v) is 11.0. The molecule has 0 amide bonds. The molecule has 0 N–H and O–H groups in total. The molecule has 30 heavy (non-hydrogen) atoms. The summed E-state index contributed by atoms with van der Waals surface area (Å²) in [5.41, 5.74) is 2.14. The molecule has 0 unspecified atom stereocenters. The summed E-state index contributed by atoms with van der Waals surface area (Å²) in [4.78, 5) is 12.6. The standard InChI is InChI=1S/C22H21N3O4S/c26-22(11-6-18-16-23-25(17-18)20-4-2-1-3-5-20)19-7-9-21(10-8-19)30(27,28)24-12-14-29-15-13-24/h1-11,16-17H,12-15H2/b11-6+. The van der Waals surface area contributed by atoms with Crippen molar-refractivity contribution in [2.45, 2.75) is 4.90 Å². The van der Waals surface area contributed by atoms with E-state index in [0.717, 1.165) is 11.3 Å². The van der Waals surface area contributed by atoms with E-state index in [4.69, 9.17) is 4.74 Å². The zero-order chi connectivity index (χ0) is 21.0. The Labute approximate surface area is 175 Å². The van der Waals surface area contributed by atoms with Crippen molar-refractivity contribution >= 4 is 21.9 Å². The molecule has 3 aromatic rings. The van der Waals surface area contributed by atoms with Crippen LogP contribution in [0, 0.1) is 0 Å². The maximum absolute atomic E-state index is 12.7. The van der Waals surface area contributed by atoms with Crippen LogP contribution >= 0.6 is 0 Å². The van der Waals surface area contributed by atoms with Gasteiger partial charge in [0.25, 0.3) is 0 Å². The molecule has 0 spiro atoms. The summed E-state index contributed by atoms with van der Waals surface area (Å²) in [6, 6.07) is 15.7. The molecule has 1 aromatic heterocycles. The van der Waals surface area contributed by atoms with E-state index < -0.39 is 10.0 Å². The number of hydrogen-bond donors (Lipinski definition) is 0. The molecular formula is C22H21N3O4S. The van der Waals surface area contributed by atoms with Crippen LogP contribution in [0.1, 0.15) is 15.9 Å². The van der Waals surface area contributed by atoms with Gasteiger partial charge in [-0.05, 0) is 48.6 Å². The molecule has 0 atom stereocenters. The van der Waals surface area contributed by atoms with Crippen LogP contribution in [-0.2, 0) is 14.8 Å². The molecule has 1 saturated heterocycles. The Balaban J connectivity index is 1.45. The molecule has 0 aliphatic carbocycles. The molecule has 1 fully saturated rings. The number of carbonyl (C=O) groups is 1. The Bertz CT molecular complexity index is 1150. The summed E-state index contributed by atoms with van der Waals surface area (Å²) in [5, 5.41) is 4.29. The van der Waals surface area contributed by atoms with Crippen molar-refractivity contribution in [3.05, 3.63) is 84.2 Å². The number of para-hydroxylation sites is 1. The molecule has 2 aromatic carbocycles. The van der Waals surface area contributed by atoms with Crippen LogP contribution in [0.15, 0.2) is 78.0 Å². The second-order valence-corrected chi connectivity index (χ2v) is 8.73. The molecule has 4 rings (SSSR count). The van der Waals surface area contributed by atoms with Crippen molar-refractivity contribution in [1.29, 1.82) is 0 Å². The van der Waals surface area contributed by atoms with Gasteiger partial charge in [-0.25, -0.2) is 13.1 Å². The van der Waals surface area contributed by atoms with E-state index >= 15 is 0 Å². The number of aromatic nitrogens is 2. The van der Waals surface area contributed by atoms with Crippen molar-refractivity contribution < 1.29 is 17.9 Å². The minimum atomic E-state index is -3.57.